The number of carbonyl (C=O) groups excluding carboxylic acids is 3. The van der Waals surface area contributed by atoms with Gasteiger partial charge in [0, 0.05) is 48.4 Å². The third-order valence-electron chi connectivity index (χ3n) is 14.0. The van der Waals surface area contributed by atoms with Crippen LogP contribution in [-0.2, 0) is 26.4 Å². The predicted octanol–water partition coefficient (Wildman–Crippen LogP) is 12.2. The van der Waals surface area contributed by atoms with Crippen LogP contribution in [0, 0.1) is 5.41 Å². The normalized spacial score (nSPS) is 17.7. The highest BCUT2D eigenvalue weighted by atomic mass is 19.4. The number of nitrogens with zero attached hydrogens (tertiary/aromatic N) is 6. The van der Waals surface area contributed by atoms with E-state index in [-0.39, 0.29) is 60.2 Å². The molecule has 0 aliphatic carbocycles. The highest BCUT2D eigenvalue weighted by molar-refractivity contribution is 6.10. The number of hydrogen-bond donors (Lipinski definition) is 2. The van der Waals surface area contributed by atoms with Crippen LogP contribution >= 0.6 is 0 Å². The molecule has 3 aliphatic heterocycles. The van der Waals surface area contributed by atoms with Crippen molar-refractivity contribution in [2.24, 2.45) is 4.99 Å². The Morgan fingerprint density at radius 2 is 1.30 bits per heavy atom. The molecule has 0 saturated carbocycles. The lowest BCUT2D eigenvalue weighted by molar-refractivity contribution is -0.139. The number of nitrogens with one attached hydrogen (secondary N) is 1. The molecule has 2 unspecified atom stereocenters. The minimum absolute atomic E-state index is 0.00468. The zero-order valence-electron chi connectivity index (χ0n) is 43.6. The molecule has 3 aliphatic rings. The van der Waals surface area contributed by atoms with Crippen molar-refractivity contribution >= 4 is 41.3 Å². The molecule has 4 aromatic rings. The fourth-order valence-corrected chi connectivity index (χ4v) is 9.97. The number of aliphatic hydroxyl groups is 1. The van der Waals surface area contributed by atoms with Crippen LogP contribution in [0.25, 0.3) is 0 Å². The van der Waals surface area contributed by atoms with Crippen molar-refractivity contribution in [2.45, 2.75) is 96.7 Å². The van der Waals surface area contributed by atoms with Gasteiger partial charge in [-0.1, -0.05) is 86.2 Å². The van der Waals surface area contributed by atoms with Crippen LogP contribution in [0.1, 0.15) is 112 Å². The van der Waals surface area contributed by atoms with Crippen LogP contribution in [0.4, 0.5) is 42.9 Å². The molecule has 0 fully saturated rings. The van der Waals surface area contributed by atoms with Crippen molar-refractivity contribution in [2.75, 3.05) is 62.8 Å². The number of rotatable bonds is 25. The van der Waals surface area contributed by atoms with Crippen LogP contribution in [0.2, 0.25) is 0 Å². The van der Waals surface area contributed by atoms with Crippen molar-refractivity contribution < 1.29 is 50.9 Å². The first-order chi connectivity index (χ1) is 36.3. The Morgan fingerprint density at radius 3 is 1.83 bits per heavy atom. The number of anilines is 2. The third kappa shape index (κ3) is 12.8. The summed E-state index contributed by atoms with van der Waals surface area (Å²) in [5, 5.41) is 19.2. The first kappa shape index (κ1) is 56.7. The Labute approximate surface area is 441 Å². The molecule has 18 heteroatoms. The van der Waals surface area contributed by atoms with Gasteiger partial charge in [0.05, 0.1) is 53.5 Å². The van der Waals surface area contributed by atoms with E-state index in [0.717, 1.165) is 42.8 Å². The van der Waals surface area contributed by atoms with Gasteiger partial charge in [-0.05, 0) is 132 Å². The molecule has 3 heterocycles. The van der Waals surface area contributed by atoms with E-state index in [9.17, 15) is 41.4 Å². The standard InChI is InChI=1S/C58H66F5N7O6/c1-7-57(59,60)44-18-16-20-46(34-44)69-38(4)50(54(72)76-9-3)52(43-28-26-41(27-29-43)48-37-65-48)68(55(69)73)33-15-11-13-31-66(6)30-12-10-14-32-67-51(42-24-22-40(36-64)23-25-42)49(53(71)75-8-2)39(5)70(56(67)74)47-21-17-19-45(35-47)58(61,62)63/h7,16-29,34-36,51-53,64,71H,1,8-15,30-33,37H2,2-6H3/t51?,52-,53?/m1/s1. The van der Waals surface area contributed by atoms with Gasteiger partial charge in [0.25, 0.3) is 5.92 Å². The van der Waals surface area contributed by atoms with Crippen LogP contribution in [0.3, 0.4) is 0 Å². The highest BCUT2D eigenvalue weighted by Crippen LogP contribution is 2.44. The van der Waals surface area contributed by atoms with Crippen LogP contribution in [0.5, 0.6) is 0 Å². The Kier molecular flexibility index (Phi) is 18.5. The number of hydrogen-bond acceptors (Lipinski definition) is 9. The van der Waals surface area contributed by atoms with Crippen molar-refractivity contribution in [1.29, 1.82) is 5.41 Å². The Balaban J connectivity index is 1.02. The van der Waals surface area contributed by atoms with Crippen LogP contribution < -0.4 is 9.80 Å². The zero-order chi connectivity index (χ0) is 54.9. The van der Waals surface area contributed by atoms with E-state index < -0.39 is 54.1 Å². The van der Waals surface area contributed by atoms with Crippen molar-refractivity contribution in [3.8, 4) is 0 Å². The summed E-state index contributed by atoms with van der Waals surface area (Å²) >= 11 is 0. The summed E-state index contributed by atoms with van der Waals surface area (Å²) in [5.41, 5.74) is 3.79. The van der Waals surface area contributed by atoms with Crippen LogP contribution in [0.15, 0.2) is 137 Å². The molecular weight excluding hydrogens is 986 g/mol. The number of unbranched alkanes of at least 4 members (excludes halogenated alkanes) is 4. The maximum Gasteiger partial charge on any atom is 0.416 e. The van der Waals surface area contributed by atoms with E-state index in [4.69, 9.17) is 14.9 Å². The minimum Gasteiger partial charge on any atom is -0.463 e. The second kappa shape index (κ2) is 24.8. The molecule has 4 amide bonds. The van der Waals surface area contributed by atoms with Gasteiger partial charge in [-0.15, -0.1) is 0 Å². The summed E-state index contributed by atoms with van der Waals surface area (Å²) in [6.45, 7) is 12.6. The Morgan fingerprint density at radius 1 is 0.776 bits per heavy atom. The van der Waals surface area contributed by atoms with Gasteiger partial charge in [0.1, 0.15) is 0 Å². The Hall–Kier alpha value is -7.02. The second-order valence-corrected chi connectivity index (χ2v) is 19.0. The fraction of sp³-hybridized carbons (Fsp3) is 0.397. The molecule has 7 rings (SSSR count). The molecular formula is C58H66F5N7O6. The number of aliphatic hydroxyl groups excluding tert-OH is 1. The summed E-state index contributed by atoms with van der Waals surface area (Å²) in [4.78, 5) is 55.6. The van der Waals surface area contributed by atoms with E-state index in [1.165, 1.54) is 46.3 Å². The smallest absolute Gasteiger partial charge is 0.416 e. The molecule has 3 atom stereocenters. The maximum absolute atomic E-state index is 14.9. The lowest BCUT2D eigenvalue weighted by atomic mass is 9.91. The summed E-state index contributed by atoms with van der Waals surface area (Å²) in [5.74, 6) is -3.99. The summed E-state index contributed by atoms with van der Waals surface area (Å²) in [6.07, 6.45) is -0.398. The quantitative estimate of drug-likeness (QED) is 0.0168. The van der Waals surface area contributed by atoms with Gasteiger partial charge in [0.15, 0.2) is 6.29 Å². The number of benzene rings is 4. The van der Waals surface area contributed by atoms with Gasteiger partial charge >= 0.3 is 24.2 Å². The van der Waals surface area contributed by atoms with Crippen molar-refractivity contribution in [3.05, 3.63) is 166 Å². The van der Waals surface area contributed by atoms with Gasteiger partial charge in [0.2, 0.25) is 0 Å². The number of carbonyl (C=O) groups is 3. The molecule has 0 saturated heterocycles. The van der Waals surface area contributed by atoms with Gasteiger partial charge in [-0.25, -0.2) is 14.4 Å². The van der Waals surface area contributed by atoms with E-state index in [2.05, 4.69) is 16.5 Å². The van der Waals surface area contributed by atoms with Crippen LogP contribution in [-0.4, -0.2) is 109 Å². The predicted molar refractivity (Wildman–Crippen MR) is 284 cm³/mol. The average Bonchev–Trinajstić information content (AvgIpc) is 4.26. The average molecular weight is 1050 g/mol. The van der Waals surface area contributed by atoms with Crippen molar-refractivity contribution in [3.63, 3.8) is 0 Å². The Bertz CT molecular complexity index is 2850. The number of urea groups is 2. The topological polar surface area (TPSA) is 142 Å². The lowest BCUT2D eigenvalue weighted by Crippen LogP contribution is -2.52. The first-order valence-electron chi connectivity index (χ1n) is 25.7. The molecule has 13 nitrogen and oxygen atoms in total. The molecule has 2 N–H and O–H groups in total. The SMILES string of the molecule is C=CC(F)(F)c1cccc(N2C(=O)N(CCCCCN(C)CCCCCN3C(=O)N(c4cccc(C(F)(F)F)c4)C(C)=C(C(O)OCC)C3c3ccc(C=N)cc3)[C@H](c3ccc(C4=NC4)cc3)C(C(=O)OCC)=C2C)c1. The second-order valence-electron chi connectivity index (χ2n) is 19.0. The van der Waals surface area contributed by atoms with Gasteiger partial charge in [-0.2, -0.15) is 22.0 Å². The summed E-state index contributed by atoms with van der Waals surface area (Å²) in [6, 6.07) is 21.9. The fourth-order valence-electron chi connectivity index (χ4n) is 9.97. The zero-order valence-corrected chi connectivity index (χ0v) is 43.6. The number of ether oxygens (including phenoxy) is 2. The third-order valence-corrected chi connectivity index (χ3v) is 14.0. The number of amides is 4. The van der Waals surface area contributed by atoms with Crippen molar-refractivity contribution in [1.82, 2.24) is 14.7 Å². The monoisotopic (exact) mass is 1050 g/mol. The van der Waals surface area contributed by atoms with Gasteiger partial charge < -0.3 is 34.7 Å². The van der Waals surface area contributed by atoms with E-state index in [1.807, 2.05) is 31.3 Å². The number of aliphatic imine (C=N–C) groups is 1. The van der Waals surface area contributed by atoms with E-state index in [1.54, 1.807) is 67.8 Å². The number of alkyl halides is 5. The largest absolute Gasteiger partial charge is 0.463 e. The van der Waals surface area contributed by atoms with E-state index in [0.29, 0.717) is 67.1 Å². The molecule has 76 heavy (non-hydrogen) atoms. The highest BCUT2D eigenvalue weighted by Gasteiger charge is 2.45. The number of esters is 1. The molecule has 0 bridgehead atoms. The molecule has 0 aromatic heterocycles. The molecule has 0 radical (unpaired) electrons. The summed E-state index contributed by atoms with van der Waals surface area (Å²) < 4.78 is 83.0. The molecule has 4 aromatic carbocycles. The summed E-state index contributed by atoms with van der Waals surface area (Å²) in [7, 11) is 2.01. The first-order valence-corrected chi connectivity index (χ1v) is 25.7. The van der Waals surface area contributed by atoms with E-state index >= 15 is 0 Å². The maximum atomic E-state index is 14.9. The number of allylic oxidation sites excluding steroid dienone is 3. The minimum atomic E-state index is -4.66. The number of halogens is 5. The molecule has 0 spiro atoms. The molecule has 404 valence electrons. The van der Waals surface area contributed by atoms with Gasteiger partial charge in [-0.3, -0.25) is 14.8 Å². The lowest BCUT2D eigenvalue weighted by Gasteiger charge is -2.45.